The summed E-state index contributed by atoms with van der Waals surface area (Å²) in [4.78, 5) is 55.6. The van der Waals surface area contributed by atoms with Gasteiger partial charge in [0, 0.05) is 19.4 Å². The molecule has 0 aliphatic heterocycles. The van der Waals surface area contributed by atoms with Gasteiger partial charge in [0.15, 0.2) is 0 Å². The Labute approximate surface area is 290 Å². The van der Waals surface area contributed by atoms with Crippen molar-refractivity contribution in [2.75, 3.05) is 86.9 Å². The molecule has 15 heteroatoms. The van der Waals surface area contributed by atoms with Crippen molar-refractivity contribution >= 4 is 35.6 Å². The maximum atomic E-state index is 14.1. The van der Waals surface area contributed by atoms with E-state index in [4.69, 9.17) is 28.4 Å². The van der Waals surface area contributed by atoms with Gasteiger partial charge in [-0.15, -0.1) is 11.8 Å². The Hall–Kier alpha value is -2.48. The molecule has 0 heterocycles. The normalized spacial score (nSPS) is 16.8. The molecule has 0 saturated carbocycles. The average Bonchev–Trinajstić information content (AvgIpc) is 3.02. The number of aliphatic hydroxyl groups is 2. The van der Waals surface area contributed by atoms with Crippen molar-refractivity contribution in [1.82, 2.24) is 4.90 Å². The van der Waals surface area contributed by atoms with Crippen LogP contribution in [0.5, 0.6) is 0 Å². The molecule has 0 rings (SSSR count). The van der Waals surface area contributed by atoms with Gasteiger partial charge < -0.3 is 43.5 Å². The third-order valence-corrected chi connectivity index (χ3v) is 9.21. The molecule has 0 saturated heterocycles. The number of hydrogen-bond acceptors (Lipinski definition) is 15. The lowest BCUT2D eigenvalue weighted by Gasteiger charge is -2.42. The zero-order chi connectivity index (χ0) is 37.2. The number of likely N-dealkylation sites (N-methyl/N-ethyl adjacent to an activating group) is 1. The summed E-state index contributed by atoms with van der Waals surface area (Å²) in [7, 11) is 6.44. The highest BCUT2D eigenvalue weighted by molar-refractivity contribution is 8.01. The molecule has 0 bridgehead atoms. The zero-order valence-electron chi connectivity index (χ0n) is 30.4. The van der Waals surface area contributed by atoms with Crippen LogP contribution in [-0.2, 0) is 47.6 Å². The van der Waals surface area contributed by atoms with Gasteiger partial charge in [-0.3, -0.25) is 19.2 Å². The molecule has 0 aliphatic carbocycles. The van der Waals surface area contributed by atoms with E-state index < -0.39 is 70.1 Å². The number of carbonyl (C=O) groups is 4. The van der Waals surface area contributed by atoms with Crippen LogP contribution < -0.4 is 0 Å². The molecule has 0 spiro atoms. The number of methoxy groups -OCH3 is 2. The van der Waals surface area contributed by atoms with Gasteiger partial charge in [-0.1, -0.05) is 6.92 Å². The maximum absolute atomic E-state index is 14.1. The molecule has 0 aromatic heterocycles. The lowest BCUT2D eigenvalue weighted by Crippen LogP contribution is -2.48. The van der Waals surface area contributed by atoms with Crippen molar-refractivity contribution in [3.8, 4) is 6.07 Å². The Kier molecular flexibility index (Phi) is 20.5. The van der Waals surface area contributed by atoms with Crippen LogP contribution in [0.4, 0.5) is 0 Å². The summed E-state index contributed by atoms with van der Waals surface area (Å²) < 4.78 is 30.4. The molecule has 0 aromatic carbocycles. The third-order valence-electron chi connectivity index (χ3n) is 7.60. The van der Waals surface area contributed by atoms with E-state index in [0.717, 1.165) is 11.8 Å². The standard InChI is InChI=1S/C33H58N2O12S/c1-24(26(38)43-10)19-48-33(6,29(41)47-18-25(37)17-36)22-32(5,28(40)46-16-15-44-14-13-42-9)21-31(4,20-30(2,3)23-34)27(39)45-12-11-35(7)8/h24-25,36-37H,11-22H2,1-10H3. The summed E-state index contributed by atoms with van der Waals surface area (Å²) in [6, 6.07) is 2.22. The van der Waals surface area contributed by atoms with Gasteiger partial charge in [0.25, 0.3) is 0 Å². The van der Waals surface area contributed by atoms with Crippen molar-refractivity contribution in [1.29, 1.82) is 5.26 Å². The van der Waals surface area contributed by atoms with Crippen LogP contribution in [0.3, 0.4) is 0 Å². The number of thioether (sulfide) groups is 1. The van der Waals surface area contributed by atoms with Gasteiger partial charge in [0.2, 0.25) is 0 Å². The predicted molar refractivity (Wildman–Crippen MR) is 179 cm³/mol. The molecule has 2 N–H and O–H groups in total. The first kappa shape index (κ1) is 45.5. The van der Waals surface area contributed by atoms with Crippen molar-refractivity contribution < 1.29 is 57.8 Å². The fourth-order valence-electron chi connectivity index (χ4n) is 5.28. The highest BCUT2D eigenvalue weighted by atomic mass is 32.2. The lowest BCUT2D eigenvalue weighted by atomic mass is 9.64. The van der Waals surface area contributed by atoms with E-state index in [-0.39, 0.29) is 51.4 Å². The van der Waals surface area contributed by atoms with E-state index in [2.05, 4.69) is 6.07 Å². The summed E-state index contributed by atoms with van der Waals surface area (Å²) >= 11 is 1.05. The summed E-state index contributed by atoms with van der Waals surface area (Å²) in [5.74, 6) is -3.19. The second-order valence-corrected chi connectivity index (χ2v) is 15.3. The maximum Gasteiger partial charge on any atom is 0.322 e. The molecule has 0 radical (unpaired) electrons. The van der Waals surface area contributed by atoms with Crippen molar-refractivity contribution in [2.24, 2.45) is 22.2 Å². The molecule has 5 atom stereocenters. The molecular weight excluding hydrogens is 648 g/mol. The summed E-state index contributed by atoms with van der Waals surface area (Å²) in [5, 5.41) is 29.0. The minimum atomic E-state index is -1.56. The number of aliphatic hydroxyl groups excluding tert-OH is 2. The Morgan fingerprint density at radius 1 is 0.833 bits per heavy atom. The van der Waals surface area contributed by atoms with Gasteiger partial charge in [0.1, 0.15) is 30.7 Å². The van der Waals surface area contributed by atoms with E-state index in [1.54, 1.807) is 41.5 Å². The number of nitriles is 1. The average molecular weight is 707 g/mol. The lowest BCUT2D eigenvalue weighted by molar-refractivity contribution is -0.168. The van der Waals surface area contributed by atoms with Gasteiger partial charge in [-0.25, -0.2) is 0 Å². The molecule has 48 heavy (non-hydrogen) atoms. The van der Waals surface area contributed by atoms with Crippen molar-refractivity contribution in [2.45, 2.75) is 71.7 Å². The first-order chi connectivity index (χ1) is 22.2. The molecule has 5 unspecified atom stereocenters. The van der Waals surface area contributed by atoms with E-state index in [1.807, 2.05) is 19.0 Å². The van der Waals surface area contributed by atoms with Gasteiger partial charge in [-0.05, 0) is 68.0 Å². The van der Waals surface area contributed by atoms with Crippen LogP contribution in [-0.4, -0.2) is 137 Å². The third kappa shape index (κ3) is 16.3. The van der Waals surface area contributed by atoms with E-state index >= 15 is 0 Å². The molecule has 0 fully saturated rings. The Balaban J connectivity index is 6.88. The van der Waals surface area contributed by atoms with Crippen molar-refractivity contribution in [3.05, 3.63) is 0 Å². The largest absolute Gasteiger partial charge is 0.469 e. The number of ether oxygens (including phenoxy) is 6. The monoisotopic (exact) mass is 706 g/mol. The fraction of sp³-hybridized carbons (Fsp3) is 0.848. The van der Waals surface area contributed by atoms with Gasteiger partial charge in [-0.2, -0.15) is 5.26 Å². The summed E-state index contributed by atoms with van der Waals surface area (Å²) in [5.41, 5.74) is -3.95. The number of esters is 4. The summed E-state index contributed by atoms with van der Waals surface area (Å²) in [6.07, 6.45) is -1.72. The van der Waals surface area contributed by atoms with Crippen LogP contribution in [0.25, 0.3) is 0 Å². The molecule has 0 aromatic rings. The highest BCUT2D eigenvalue weighted by Crippen LogP contribution is 2.49. The quantitative estimate of drug-likeness (QED) is 0.0798. The summed E-state index contributed by atoms with van der Waals surface area (Å²) in [6.45, 7) is 9.69. The van der Waals surface area contributed by atoms with E-state index in [0.29, 0.717) is 13.2 Å². The van der Waals surface area contributed by atoms with Crippen molar-refractivity contribution in [3.63, 3.8) is 0 Å². The van der Waals surface area contributed by atoms with Crippen LogP contribution in [0.15, 0.2) is 0 Å². The Bertz CT molecular complexity index is 1070. The van der Waals surface area contributed by atoms with Crippen LogP contribution in [0.2, 0.25) is 0 Å². The first-order valence-electron chi connectivity index (χ1n) is 15.9. The number of hydrogen-bond donors (Lipinski definition) is 2. The minimum absolute atomic E-state index is 0.0245. The second-order valence-electron chi connectivity index (χ2n) is 13.7. The molecule has 14 nitrogen and oxygen atoms in total. The predicted octanol–water partition coefficient (Wildman–Crippen LogP) is 2.23. The number of nitrogens with zero attached hydrogens (tertiary/aromatic N) is 2. The smallest absolute Gasteiger partial charge is 0.322 e. The van der Waals surface area contributed by atoms with Crippen LogP contribution in [0.1, 0.15) is 60.8 Å². The van der Waals surface area contributed by atoms with Crippen LogP contribution >= 0.6 is 11.8 Å². The molecular formula is C33H58N2O12S. The zero-order valence-corrected chi connectivity index (χ0v) is 31.2. The molecule has 0 aliphatic rings. The number of rotatable bonds is 25. The van der Waals surface area contributed by atoms with Crippen LogP contribution in [0, 0.1) is 33.5 Å². The van der Waals surface area contributed by atoms with Gasteiger partial charge in [0.05, 0.1) is 61.8 Å². The second kappa shape index (κ2) is 21.6. The first-order valence-corrected chi connectivity index (χ1v) is 16.9. The Morgan fingerprint density at radius 2 is 1.40 bits per heavy atom. The fourth-order valence-corrected chi connectivity index (χ4v) is 6.63. The van der Waals surface area contributed by atoms with Gasteiger partial charge >= 0.3 is 23.9 Å². The SMILES string of the molecule is COCCOCCOC(=O)C(C)(CC(C)(CC(C)(C)C#N)C(=O)OCCN(C)C)CC(C)(SCC(C)C(=O)OC)C(=O)OCC(O)CO. The molecule has 278 valence electrons. The molecule has 0 amide bonds. The minimum Gasteiger partial charge on any atom is -0.469 e. The Morgan fingerprint density at radius 3 is 1.92 bits per heavy atom. The topological polar surface area (TPSA) is 191 Å². The number of carbonyl (C=O) groups excluding carboxylic acids is 4. The van der Waals surface area contributed by atoms with E-state index in [1.165, 1.54) is 14.2 Å². The highest BCUT2D eigenvalue weighted by Gasteiger charge is 2.53. The van der Waals surface area contributed by atoms with E-state index in [9.17, 15) is 34.7 Å².